The quantitative estimate of drug-likeness (QED) is 0.837. The monoisotopic (exact) mass is 371 g/mol. The summed E-state index contributed by atoms with van der Waals surface area (Å²) in [6.45, 7) is 5.42. The van der Waals surface area contributed by atoms with E-state index in [2.05, 4.69) is 5.32 Å². The van der Waals surface area contributed by atoms with E-state index < -0.39 is 24.1 Å². The number of benzene rings is 2. The Hall–Kier alpha value is -3.22. The van der Waals surface area contributed by atoms with Crippen molar-refractivity contribution >= 4 is 17.6 Å². The van der Waals surface area contributed by atoms with Gasteiger partial charge in [-0.3, -0.25) is 4.79 Å². The number of rotatable bonds is 5. The Balaban J connectivity index is 1.84. The van der Waals surface area contributed by atoms with E-state index in [1.165, 1.54) is 18.2 Å². The van der Waals surface area contributed by atoms with Crippen molar-refractivity contribution in [2.45, 2.75) is 39.1 Å². The zero-order valence-electron chi connectivity index (χ0n) is 15.3. The summed E-state index contributed by atoms with van der Waals surface area (Å²) in [7, 11) is 0. The van der Waals surface area contributed by atoms with Gasteiger partial charge in [-0.05, 0) is 51.1 Å². The first-order chi connectivity index (χ1) is 12.8. The predicted octanol–water partition coefficient (Wildman–Crippen LogP) is 3.34. The molecule has 142 valence electrons. The van der Waals surface area contributed by atoms with Gasteiger partial charge in [0, 0.05) is 0 Å². The molecule has 1 heterocycles. The number of carbonyl (C=O) groups excluding carboxylic acids is 1. The average molecular weight is 371 g/mol. The van der Waals surface area contributed by atoms with E-state index in [1.807, 2.05) is 19.9 Å². The number of ether oxygens (including phenoxy) is 3. The molecule has 0 radical (unpaired) electrons. The molecular formula is C20H21NO6. The number of carbonyl (C=O) groups is 2. The summed E-state index contributed by atoms with van der Waals surface area (Å²) in [4.78, 5) is 24.1. The molecule has 27 heavy (non-hydrogen) atoms. The number of hydrogen-bond donors (Lipinski definition) is 2. The summed E-state index contributed by atoms with van der Waals surface area (Å²) in [6.07, 6.45) is -1.55. The summed E-state index contributed by atoms with van der Waals surface area (Å²) in [5, 5.41) is 11.9. The summed E-state index contributed by atoms with van der Waals surface area (Å²) in [5.74, 6) is -0.109. The molecule has 0 aromatic heterocycles. The molecule has 1 aliphatic rings. The van der Waals surface area contributed by atoms with Crippen LogP contribution < -0.4 is 19.5 Å². The molecule has 0 spiro atoms. The van der Waals surface area contributed by atoms with Crippen molar-refractivity contribution in [1.29, 1.82) is 0 Å². The van der Waals surface area contributed by atoms with Crippen molar-refractivity contribution in [2.24, 2.45) is 0 Å². The van der Waals surface area contributed by atoms with E-state index in [-0.39, 0.29) is 17.4 Å². The maximum Gasteiger partial charge on any atom is 0.335 e. The minimum Gasteiger partial charge on any atom is -0.489 e. The molecule has 1 amide bonds. The lowest BCUT2D eigenvalue weighted by Gasteiger charge is -2.31. The number of nitrogens with one attached hydrogen (secondary N) is 1. The van der Waals surface area contributed by atoms with Gasteiger partial charge in [-0.25, -0.2) is 4.79 Å². The topological polar surface area (TPSA) is 94.1 Å². The van der Waals surface area contributed by atoms with Crippen LogP contribution in [0.1, 0.15) is 31.1 Å². The van der Waals surface area contributed by atoms with Crippen molar-refractivity contribution in [3.8, 4) is 17.2 Å². The van der Waals surface area contributed by atoms with E-state index in [0.29, 0.717) is 17.2 Å². The first-order valence-electron chi connectivity index (χ1n) is 8.62. The van der Waals surface area contributed by atoms with Crippen molar-refractivity contribution in [3.05, 3.63) is 48.0 Å². The molecule has 7 heteroatoms. The van der Waals surface area contributed by atoms with Crippen molar-refractivity contribution in [1.82, 2.24) is 0 Å². The largest absolute Gasteiger partial charge is 0.489 e. The fraction of sp³-hybridized carbons (Fsp3) is 0.300. The average Bonchev–Trinajstić information content (AvgIpc) is 2.61. The fourth-order valence-corrected chi connectivity index (χ4v) is 2.73. The minimum absolute atomic E-state index is 0.0422. The summed E-state index contributed by atoms with van der Waals surface area (Å²) in [5.41, 5.74) is 0.309. The van der Waals surface area contributed by atoms with Gasteiger partial charge >= 0.3 is 5.97 Å². The predicted molar refractivity (Wildman–Crippen MR) is 98.7 cm³/mol. The molecule has 2 aromatic rings. The second-order valence-electron chi connectivity index (χ2n) is 6.48. The minimum atomic E-state index is -1.10. The summed E-state index contributed by atoms with van der Waals surface area (Å²) < 4.78 is 17.2. The Morgan fingerprint density at radius 1 is 1.11 bits per heavy atom. The smallest absolute Gasteiger partial charge is 0.335 e. The van der Waals surface area contributed by atoms with Crippen LogP contribution in [0.4, 0.5) is 5.69 Å². The normalized spacial score (nSPS) is 18.1. The zero-order valence-corrected chi connectivity index (χ0v) is 15.3. The van der Waals surface area contributed by atoms with Gasteiger partial charge in [0.25, 0.3) is 5.91 Å². The molecule has 0 saturated carbocycles. The standard InChI is InChI=1S/C20H21NO6/c1-11(2)25-15-9-8-13(20(23)24)10-14(15)21-19(22)18-12(3)26-16-6-4-5-7-17(16)27-18/h4-12,18H,1-3H3,(H,21,22)(H,23,24). The molecule has 2 unspecified atom stereocenters. The van der Waals surface area contributed by atoms with Gasteiger partial charge in [-0.15, -0.1) is 0 Å². The Kier molecular flexibility index (Phi) is 5.21. The number of aromatic carboxylic acids is 1. The van der Waals surface area contributed by atoms with Crippen molar-refractivity contribution in [3.63, 3.8) is 0 Å². The number of fused-ring (bicyclic) bond motifs is 1. The third-order valence-corrected chi connectivity index (χ3v) is 3.95. The highest BCUT2D eigenvalue weighted by molar-refractivity contribution is 5.98. The molecule has 3 rings (SSSR count). The molecular weight excluding hydrogens is 350 g/mol. The van der Waals surface area contributed by atoms with Crippen LogP contribution in [0.15, 0.2) is 42.5 Å². The number of carboxylic acids is 1. The maximum absolute atomic E-state index is 12.8. The molecule has 7 nitrogen and oxygen atoms in total. The summed E-state index contributed by atoms with van der Waals surface area (Å²) >= 11 is 0. The van der Waals surface area contributed by atoms with Gasteiger partial charge in [0.05, 0.1) is 17.4 Å². The molecule has 2 N–H and O–H groups in total. The number of anilines is 1. The van der Waals surface area contributed by atoms with Crippen LogP contribution in [0.3, 0.4) is 0 Å². The van der Waals surface area contributed by atoms with E-state index in [9.17, 15) is 14.7 Å². The van der Waals surface area contributed by atoms with Crippen LogP contribution in [0, 0.1) is 0 Å². The third kappa shape index (κ3) is 4.13. The van der Waals surface area contributed by atoms with E-state index >= 15 is 0 Å². The summed E-state index contributed by atoms with van der Waals surface area (Å²) in [6, 6.07) is 11.4. The molecule has 2 atom stereocenters. The molecule has 0 saturated heterocycles. The Morgan fingerprint density at radius 3 is 2.41 bits per heavy atom. The van der Waals surface area contributed by atoms with Gasteiger partial charge in [-0.1, -0.05) is 12.1 Å². The van der Waals surface area contributed by atoms with Crippen molar-refractivity contribution in [2.75, 3.05) is 5.32 Å². The van der Waals surface area contributed by atoms with Crippen LogP contribution in [0.5, 0.6) is 17.2 Å². The second-order valence-corrected chi connectivity index (χ2v) is 6.48. The number of para-hydroxylation sites is 2. The number of hydrogen-bond acceptors (Lipinski definition) is 5. The molecule has 2 aromatic carbocycles. The Labute approximate surface area is 156 Å². The van der Waals surface area contributed by atoms with Gasteiger partial charge in [0.2, 0.25) is 6.10 Å². The van der Waals surface area contributed by atoms with E-state index in [4.69, 9.17) is 14.2 Å². The van der Waals surface area contributed by atoms with Crippen LogP contribution in [0.25, 0.3) is 0 Å². The molecule has 0 fully saturated rings. The van der Waals surface area contributed by atoms with Gasteiger partial charge in [-0.2, -0.15) is 0 Å². The highest BCUT2D eigenvalue weighted by atomic mass is 16.6. The SMILES string of the molecule is CC(C)Oc1ccc(C(=O)O)cc1NC(=O)C1Oc2ccccc2OC1C. The van der Waals surface area contributed by atoms with Crippen LogP contribution in [0.2, 0.25) is 0 Å². The second kappa shape index (κ2) is 7.57. The molecule has 0 aliphatic carbocycles. The van der Waals surface area contributed by atoms with Crippen LogP contribution in [-0.4, -0.2) is 35.3 Å². The van der Waals surface area contributed by atoms with Gasteiger partial charge in [0.15, 0.2) is 11.5 Å². The maximum atomic E-state index is 12.8. The first-order valence-corrected chi connectivity index (χ1v) is 8.62. The lowest BCUT2D eigenvalue weighted by Crippen LogP contribution is -2.46. The van der Waals surface area contributed by atoms with Gasteiger partial charge < -0.3 is 24.6 Å². The highest BCUT2D eigenvalue weighted by Gasteiger charge is 2.34. The fourth-order valence-electron chi connectivity index (χ4n) is 2.73. The van der Waals surface area contributed by atoms with Crippen molar-refractivity contribution < 1.29 is 28.9 Å². The number of carboxylic acid groups (broad SMARTS) is 1. The Morgan fingerprint density at radius 2 is 1.78 bits per heavy atom. The number of amides is 1. The lowest BCUT2D eigenvalue weighted by atomic mass is 10.1. The Bertz CT molecular complexity index is 863. The van der Waals surface area contributed by atoms with E-state index in [1.54, 1.807) is 25.1 Å². The van der Waals surface area contributed by atoms with Crippen LogP contribution in [-0.2, 0) is 4.79 Å². The van der Waals surface area contributed by atoms with Gasteiger partial charge in [0.1, 0.15) is 11.9 Å². The lowest BCUT2D eigenvalue weighted by molar-refractivity contribution is -0.128. The highest BCUT2D eigenvalue weighted by Crippen LogP contribution is 2.34. The molecule has 0 bridgehead atoms. The first kappa shape index (κ1) is 18.6. The zero-order chi connectivity index (χ0) is 19.6. The third-order valence-electron chi connectivity index (χ3n) is 3.95. The van der Waals surface area contributed by atoms with Crippen LogP contribution >= 0.6 is 0 Å². The molecule has 1 aliphatic heterocycles. The van der Waals surface area contributed by atoms with E-state index in [0.717, 1.165) is 0 Å².